The quantitative estimate of drug-likeness (QED) is 0.508. The van der Waals surface area contributed by atoms with Gasteiger partial charge in [0.1, 0.15) is 0 Å². The van der Waals surface area contributed by atoms with Gasteiger partial charge in [-0.3, -0.25) is 4.79 Å². The molecule has 1 unspecified atom stereocenters. The van der Waals surface area contributed by atoms with Gasteiger partial charge < -0.3 is 15.7 Å². The number of amides is 1. The minimum atomic E-state index is 0.155. The Hall–Kier alpha value is -0.610. The number of rotatable bonds is 7. The Kier molecular flexibility index (Phi) is 5.56. The predicted molar refractivity (Wildman–Crippen MR) is 55.0 cm³/mol. The van der Waals surface area contributed by atoms with E-state index in [0.717, 1.165) is 38.8 Å². The van der Waals surface area contributed by atoms with E-state index in [1.165, 1.54) is 0 Å². The fourth-order valence-electron chi connectivity index (χ4n) is 1.65. The molecule has 0 aromatic rings. The maximum Gasteiger partial charge on any atom is 0.221 e. The fourth-order valence-corrected chi connectivity index (χ4v) is 1.65. The Bertz CT molecular complexity index is 174. The van der Waals surface area contributed by atoms with E-state index in [4.69, 9.17) is 5.11 Å². The molecule has 1 fully saturated rings. The van der Waals surface area contributed by atoms with Crippen LogP contribution in [0.1, 0.15) is 32.1 Å². The maximum atomic E-state index is 10.8. The minimum absolute atomic E-state index is 0.155. The Morgan fingerprint density at radius 1 is 1.36 bits per heavy atom. The van der Waals surface area contributed by atoms with Gasteiger partial charge in [0.25, 0.3) is 0 Å². The predicted octanol–water partition coefficient (Wildman–Crippen LogP) is 0.0172. The van der Waals surface area contributed by atoms with E-state index in [9.17, 15) is 4.79 Å². The topological polar surface area (TPSA) is 61.4 Å². The molecule has 1 heterocycles. The number of carbonyl (C=O) groups excluding carboxylic acids is 1. The van der Waals surface area contributed by atoms with Crippen LogP contribution in [-0.4, -0.2) is 36.8 Å². The molecule has 14 heavy (non-hydrogen) atoms. The molecule has 0 saturated carbocycles. The highest BCUT2D eigenvalue weighted by Crippen LogP contribution is 2.01. The van der Waals surface area contributed by atoms with Gasteiger partial charge in [-0.2, -0.15) is 0 Å². The number of unbranched alkanes of at least 4 members (excludes halogenated alkanes) is 3. The molecule has 0 bridgehead atoms. The fraction of sp³-hybridized carbons (Fsp3) is 0.900. The van der Waals surface area contributed by atoms with E-state index in [-0.39, 0.29) is 5.91 Å². The molecule has 0 aromatic heterocycles. The molecule has 0 aliphatic carbocycles. The third kappa shape index (κ3) is 4.58. The van der Waals surface area contributed by atoms with Gasteiger partial charge in [0.05, 0.1) is 0 Å². The monoisotopic (exact) mass is 200 g/mol. The molecule has 1 aliphatic heterocycles. The maximum absolute atomic E-state index is 10.8. The summed E-state index contributed by atoms with van der Waals surface area (Å²) < 4.78 is 0. The zero-order valence-electron chi connectivity index (χ0n) is 8.59. The first-order valence-corrected chi connectivity index (χ1v) is 5.44. The lowest BCUT2D eigenvalue weighted by Gasteiger charge is -2.09. The Labute approximate surface area is 85.1 Å². The molecule has 0 aromatic carbocycles. The highest BCUT2D eigenvalue weighted by molar-refractivity contribution is 5.78. The molecule has 1 aliphatic rings. The van der Waals surface area contributed by atoms with E-state index < -0.39 is 0 Å². The van der Waals surface area contributed by atoms with Crippen molar-refractivity contribution in [2.24, 2.45) is 0 Å². The minimum Gasteiger partial charge on any atom is -0.396 e. The normalized spacial score (nSPS) is 21.2. The number of nitrogens with one attached hydrogen (secondary N) is 2. The molecule has 4 heteroatoms. The van der Waals surface area contributed by atoms with Crippen molar-refractivity contribution >= 4 is 5.91 Å². The van der Waals surface area contributed by atoms with Gasteiger partial charge in [-0.05, 0) is 19.4 Å². The highest BCUT2D eigenvalue weighted by Gasteiger charge is 2.19. The van der Waals surface area contributed by atoms with E-state index >= 15 is 0 Å². The summed E-state index contributed by atoms with van der Waals surface area (Å²) in [5, 5.41) is 14.7. The van der Waals surface area contributed by atoms with Crippen molar-refractivity contribution in [3.63, 3.8) is 0 Å². The summed E-state index contributed by atoms with van der Waals surface area (Å²) in [6, 6.07) is 0.334. The summed E-state index contributed by atoms with van der Waals surface area (Å²) in [6.07, 6.45) is 4.91. The van der Waals surface area contributed by atoms with Crippen LogP contribution in [0.4, 0.5) is 0 Å². The van der Waals surface area contributed by atoms with Crippen molar-refractivity contribution in [1.82, 2.24) is 10.6 Å². The van der Waals surface area contributed by atoms with Crippen LogP contribution < -0.4 is 10.6 Å². The van der Waals surface area contributed by atoms with Crippen LogP contribution in [0.5, 0.6) is 0 Å². The van der Waals surface area contributed by atoms with Gasteiger partial charge in [0.2, 0.25) is 5.91 Å². The smallest absolute Gasteiger partial charge is 0.221 e. The van der Waals surface area contributed by atoms with Gasteiger partial charge >= 0.3 is 0 Å². The first-order chi connectivity index (χ1) is 6.83. The SMILES string of the molecule is O=C1CC(NCCCCCCO)CN1. The number of hydrogen-bond donors (Lipinski definition) is 3. The van der Waals surface area contributed by atoms with Gasteiger partial charge in [0, 0.05) is 25.6 Å². The van der Waals surface area contributed by atoms with Crippen LogP contribution in [0.3, 0.4) is 0 Å². The van der Waals surface area contributed by atoms with Crippen LogP contribution in [0.15, 0.2) is 0 Å². The Morgan fingerprint density at radius 3 is 2.79 bits per heavy atom. The number of carbonyl (C=O) groups is 1. The number of aliphatic hydroxyl groups excluding tert-OH is 1. The molecule has 0 radical (unpaired) electrons. The molecule has 82 valence electrons. The lowest BCUT2D eigenvalue weighted by atomic mass is 10.2. The molecule has 1 saturated heterocycles. The lowest BCUT2D eigenvalue weighted by molar-refractivity contribution is -0.119. The van der Waals surface area contributed by atoms with Crippen molar-refractivity contribution in [1.29, 1.82) is 0 Å². The van der Waals surface area contributed by atoms with Crippen LogP contribution >= 0.6 is 0 Å². The van der Waals surface area contributed by atoms with Gasteiger partial charge in [0.15, 0.2) is 0 Å². The Morgan fingerprint density at radius 2 is 2.14 bits per heavy atom. The lowest BCUT2D eigenvalue weighted by Crippen LogP contribution is -2.31. The van der Waals surface area contributed by atoms with Crippen molar-refractivity contribution in [2.75, 3.05) is 19.7 Å². The van der Waals surface area contributed by atoms with Crippen molar-refractivity contribution in [2.45, 2.75) is 38.1 Å². The summed E-state index contributed by atoms with van der Waals surface area (Å²) in [4.78, 5) is 10.8. The van der Waals surface area contributed by atoms with Gasteiger partial charge in [-0.1, -0.05) is 12.8 Å². The largest absolute Gasteiger partial charge is 0.396 e. The summed E-state index contributed by atoms with van der Waals surface area (Å²) in [5.74, 6) is 0.155. The van der Waals surface area contributed by atoms with E-state index in [1.807, 2.05) is 0 Å². The average Bonchev–Trinajstić information content (AvgIpc) is 2.58. The zero-order valence-corrected chi connectivity index (χ0v) is 8.59. The van der Waals surface area contributed by atoms with Gasteiger partial charge in [-0.25, -0.2) is 0 Å². The van der Waals surface area contributed by atoms with Crippen molar-refractivity contribution in [3.8, 4) is 0 Å². The first-order valence-electron chi connectivity index (χ1n) is 5.44. The summed E-state index contributed by atoms with van der Waals surface area (Å²) in [6.45, 7) is 2.05. The Balaban J connectivity index is 1.86. The highest BCUT2D eigenvalue weighted by atomic mass is 16.2. The number of aliphatic hydroxyl groups is 1. The second-order valence-electron chi connectivity index (χ2n) is 3.80. The molecule has 3 N–H and O–H groups in total. The third-order valence-electron chi connectivity index (χ3n) is 2.50. The second-order valence-corrected chi connectivity index (χ2v) is 3.80. The van der Waals surface area contributed by atoms with Crippen LogP contribution in [-0.2, 0) is 4.79 Å². The van der Waals surface area contributed by atoms with E-state index in [0.29, 0.717) is 19.1 Å². The van der Waals surface area contributed by atoms with Crippen molar-refractivity contribution < 1.29 is 9.90 Å². The third-order valence-corrected chi connectivity index (χ3v) is 2.50. The summed E-state index contributed by atoms with van der Waals surface area (Å²) in [5.41, 5.74) is 0. The zero-order chi connectivity index (χ0) is 10.2. The van der Waals surface area contributed by atoms with Crippen LogP contribution in [0.25, 0.3) is 0 Å². The van der Waals surface area contributed by atoms with Crippen LogP contribution in [0.2, 0.25) is 0 Å². The molecule has 1 rings (SSSR count). The van der Waals surface area contributed by atoms with Gasteiger partial charge in [-0.15, -0.1) is 0 Å². The summed E-state index contributed by atoms with van der Waals surface area (Å²) in [7, 11) is 0. The molecule has 1 amide bonds. The standard InChI is InChI=1S/C10H20N2O2/c13-6-4-2-1-3-5-11-9-7-10(14)12-8-9/h9,11,13H,1-8H2,(H,12,14). The van der Waals surface area contributed by atoms with E-state index in [1.54, 1.807) is 0 Å². The first kappa shape index (κ1) is 11.5. The van der Waals surface area contributed by atoms with E-state index in [2.05, 4.69) is 10.6 Å². The summed E-state index contributed by atoms with van der Waals surface area (Å²) >= 11 is 0. The molecular weight excluding hydrogens is 180 g/mol. The molecule has 1 atom stereocenters. The number of hydrogen-bond acceptors (Lipinski definition) is 3. The van der Waals surface area contributed by atoms with Crippen molar-refractivity contribution in [3.05, 3.63) is 0 Å². The average molecular weight is 200 g/mol. The molecule has 0 spiro atoms. The molecule has 4 nitrogen and oxygen atoms in total. The second kappa shape index (κ2) is 6.79. The van der Waals surface area contributed by atoms with Crippen LogP contribution in [0, 0.1) is 0 Å². The molecular formula is C10H20N2O2.